The van der Waals surface area contributed by atoms with E-state index in [9.17, 15) is 9.90 Å². The van der Waals surface area contributed by atoms with Gasteiger partial charge in [0.25, 0.3) is 0 Å². The van der Waals surface area contributed by atoms with Crippen LogP contribution in [0.5, 0.6) is 5.75 Å². The summed E-state index contributed by atoms with van der Waals surface area (Å²) in [5, 5.41) is 11.8. The zero-order chi connectivity index (χ0) is 11.3. The standard InChI is InChI=1S/C10H15N3O2/c1-2-4-7(11)10(15)13-9-8(14)5-3-6-12-9/h3,5-7,14H,2,4,11H2,1H3,(H,12,13,15)/t7-/m0/s1. The predicted octanol–water partition coefficient (Wildman–Crippen LogP) is 0.853. The Kier molecular flexibility index (Phi) is 4.05. The van der Waals surface area contributed by atoms with E-state index in [0.29, 0.717) is 6.42 Å². The molecule has 0 saturated heterocycles. The van der Waals surface area contributed by atoms with Crippen molar-refractivity contribution in [3.63, 3.8) is 0 Å². The number of nitrogens with one attached hydrogen (secondary N) is 1. The lowest BCUT2D eigenvalue weighted by Gasteiger charge is -2.10. The van der Waals surface area contributed by atoms with Gasteiger partial charge in [-0.3, -0.25) is 4.79 Å². The molecule has 0 radical (unpaired) electrons. The van der Waals surface area contributed by atoms with Crippen LogP contribution in [0.3, 0.4) is 0 Å². The van der Waals surface area contributed by atoms with Crippen molar-refractivity contribution in [2.24, 2.45) is 5.73 Å². The van der Waals surface area contributed by atoms with Gasteiger partial charge >= 0.3 is 0 Å². The number of pyridine rings is 1. The molecule has 1 amide bonds. The number of anilines is 1. The molecule has 0 fully saturated rings. The summed E-state index contributed by atoms with van der Waals surface area (Å²) in [6.45, 7) is 1.95. The topological polar surface area (TPSA) is 88.2 Å². The summed E-state index contributed by atoms with van der Waals surface area (Å²) in [7, 11) is 0. The third-order valence-corrected chi connectivity index (χ3v) is 1.96. The van der Waals surface area contributed by atoms with Crippen LogP contribution in [0.25, 0.3) is 0 Å². The average Bonchev–Trinajstić information content (AvgIpc) is 2.21. The Labute approximate surface area is 88.3 Å². The molecule has 1 heterocycles. The molecule has 1 aromatic rings. The number of carbonyl (C=O) groups excluding carboxylic acids is 1. The second kappa shape index (κ2) is 5.31. The highest BCUT2D eigenvalue weighted by molar-refractivity contribution is 5.94. The van der Waals surface area contributed by atoms with E-state index in [0.717, 1.165) is 6.42 Å². The van der Waals surface area contributed by atoms with E-state index in [1.54, 1.807) is 6.07 Å². The largest absolute Gasteiger partial charge is 0.504 e. The molecule has 0 aliphatic heterocycles. The summed E-state index contributed by atoms with van der Waals surface area (Å²) < 4.78 is 0. The second-order valence-electron chi connectivity index (χ2n) is 3.26. The molecule has 4 N–H and O–H groups in total. The zero-order valence-electron chi connectivity index (χ0n) is 8.60. The first-order valence-corrected chi connectivity index (χ1v) is 4.85. The van der Waals surface area contributed by atoms with E-state index in [1.165, 1.54) is 12.3 Å². The molecule has 82 valence electrons. The molecule has 0 spiro atoms. The minimum Gasteiger partial charge on any atom is -0.504 e. The molecule has 1 atom stereocenters. The van der Waals surface area contributed by atoms with Crippen molar-refractivity contribution in [3.8, 4) is 5.75 Å². The first-order chi connectivity index (χ1) is 7.15. The van der Waals surface area contributed by atoms with Crippen LogP contribution in [0.15, 0.2) is 18.3 Å². The SMILES string of the molecule is CCC[C@H](N)C(=O)Nc1ncccc1O. The van der Waals surface area contributed by atoms with Gasteiger partial charge in [-0.05, 0) is 18.6 Å². The molecule has 0 bridgehead atoms. The molecule has 0 aliphatic carbocycles. The summed E-state index contributed by atoms with van der Waals surface area (Å²) >= 11 is 0. The van der Waals surface area contributed by atoms with Gasteiger partial charge < -0.3 is 16.2 Å². The van der Waals surface area contributed by atoms with Crippen molar-refractivity contribution in [1.29, 1.82) is 0 Å². The van der Waals surface area contributed by atoms with Crippen molar-refractivity contribution in [3.05, 3.63) is 18.3 Å². The number of nitrogens with zero attached hydrogens (tertiary/aromatic N) is 1. The van der Waals surface area contributed by atoms with Gasteiger partial charge in [0.05, 0.1) is 6.04 Å². The molecule has 5 nitrogen and oxygen atoms in total. The maximum absolute atomic E-state index is 11.5. The van der Waals surface area contributed by atoms with Crippen molar-refractivity contribution in [2.45, 2.75) is 25.8 Å². The normalized spacial score (nSPS) is 12.1. The van der Waals surface area contributed by atoms with Gasteiger partial charge in [0.15, 0.2) is 11.6 Å². The smallest absolute Gasteiger partial charge is 0.242 e. The van der Waals surface area contributed by atoms with Crippen LogP contribution in [0.2, 0.25) is 0 Å². The van der Waals surface area contributed by atoms with E-state index < -0.39 is 6.04 Å². The Morgan fingerprint density at radius 3 is 3.07 bits per heavy atom. The number of carbonyl (C=O) groups is 1. The van der Waals surface area contributed by atoms with Gasteiger partial charge in [0.1, 0.15) is 0 Å². The Bertz CT molecular complexity index is 341. The third-order valence-electron chi connectivity index (χ3n) is 1.96. The van der Waals surface area contributed by atoms with Gasteiger partial charge in [-0.2, -0.15) is 0 Å². The summed E-state index contributed by atoms with van der Waals surface area (Å²) in [6, 6.07) is 2.47. The lowest BCUT2D eigenvalue weighted by Crippen LogP contribution is -2.35. The van der Waals surface area contributed by atoms with Gasteiger partial charge in [0.2, 0.25) is 5.91 Å². The predicted molar refractivity (Wildman–Crippen MR) is 57.4 cm³/mol. The third kappa shape index (κ3) is 3.21. The molecular formula is C10H15N3O2. The number of hydrogen-bond acceptors (Lipinski definition) is 4. The summed E-state index contributed by atoms with van der Waals surface area (Å²) in [4.78, 5) is 15.3. The van der Waals surface area contributed by atoms with Gasteiger partial charge in [-0.1, -0.05) is 13.3 Å². The molecule has 0 aliphatic rings. The number of nitrogens with two attached hydrogens (primary N) is 1. The molecule has 0 unspecified atom stereocenters. The van der Waals surface area contributed by atoms with Gasteiger partial charge in [0, 0.05) is 6.20 Å². The molecule has 15 heavy (non-hydrogen) atoms. The van der Waals surface area contributed by atoms with Crippen LogP contribution in [0, 0.1) is 0 Å². The average molecular weight is 209 g/mol. The molecule has 0 saturated carbocycles. The monoisotopic (exact) mass is 209 g/mol. The number of rotatable bonds is 4. The fourth-order valence-corrected chi connectivity index (χ4v) is 1.14. The number of hydrogen-bond donors (Lipinski definition) is 3. The fraction of sp³-hybridized carbons (Fsp3) is 0.400. The lowest BCUT2D eigenvalue weighted by molar-refractivity contribution is -0.117. The molecule has 0 aromatic carbocycles. The lowest BCUT2D eigenvalue weighted by atomic mass is 10.2. The Morgan fingerprint density at radius 2 is 2.47 bits per heavy atom. The molecule has 5 heteroatoms. The number of amides is 1. The van der Waals surface area contributed by atoms with E-state index in [2.05, 4.69) is 10.3 Å². The fourth-order valence-electron chi connectivity index (χ4n) is 1.14. The van der Waals surface area contributed by atoms with Crippen molar-refractivity contribution >= 4 is 11.7 Å². The second-order valence-corrected chi connectivity index (χ2v) is 3.26. The van der Waals surface area contributed by atoms with Crippen LogP contribution < -0.4 is 11.1 Å². The zero-order valence-corrected chi connectivity index (χ0v) is 8.60. The van der Waals surface area contributed by atoms with Crippen molar-refractivity contribution in [1.82, 2.24) is 4.98 Å². The summed E-state index contributed by atoms with van der Waals surface area (Å²) in [5.74, 6) is -0.241. The van der Waals surface area contributed by atoms with Crippen LogP contribution >= 0.6 is 0 Å². The maximum Gasteiger partial charge on any atom is 0.242 e. The molecule has 1 rings (SSSR count). The summed E-state index contributed by atoms with van der Waals surface area (Å²) in [6.07, 6.45) is 2.93. The van der Waals surface area contributed by atoms with Crippen molar-refractivity contribution in [2.75, 3.05) is 5.32 Å². The van der Waals surface area contributed by atoms with Gasteiger partial charge in [-0.25, -0.2) is 4.98 Å². The van der Waals surface area contributed by atoms with Crippen LogP contribution in [-0.2, 0) is 4.79 Å². The van der Waals surface area contributed by atoms with Crippen LogP contribution in [-0.4, -0.2) is 22.0 Å². The first kappa shape index (κ1) is 11.5. The summed E-state index contributed by atoms with van der Waals surface area (Å²) in [5.41, 5.74) is 5.60. The number of aromatic nitrogens is 1. The van der Waals surface area contributed by atoms with Crippen molar-refractivity contribution < 1.29 is 9.90 Å². The minimum absolute atomic E-state index is 0.0606. The molecule has 1 aromatic heterocycles. The number of aromatic hydroxyl groups is 1. The van der Waals surface area contributed by atoms with E-state index in [-0.39, 0.29) is 17.5 Å². The highest BCUT2D eigenvalue weighted by Gasteiger charge is 2.14. The van der Waals surface area contributed by atoms with E-state index >= 15 is 0 Å². The van der Waals surface area contributed by atoms with Gasteiger partial charge in [-0.15, -0.1) is 0 Å². The molecular weight excluding hydrogens is 194 g/mol. The minimum atomic E-state index is -0.559. The Hall–Kier alpha value is -1.62. The highest BCUT2D eigenvalue weighted by Crippen LogP contribution is 2.18. The van der Waals surface area contributed by atoms with E-state index in [1.807, 2.05) is 6.92 Å². The Balaban J connectivity index is 2.62. The van der Waals surface area contributed by atoms with E-state index in [4.69, 9.17) is 5.73 Å². The maximum atomic E-state index is 11.5. The van der Waals surface area contributed by atoms with Crippen LogP contribution in [0.4, 0.5) is 5.82 Å². The Morgan fingerprint density at radius 1 is 1.73 bits per heavy atom. The highest BCUT2D eigenvalue weighted by atomic mass is 16.3. The van der Waals surface area contributed by atoms with Crippen LogP contribution in [0.1, 0.15) is 19.8 Å². The first-order valence-electron chi connectivity index (χ1n) is 4.85. The quantitative estimate of drug-likeness (QED) is 0.686.